The molecule has 0 bridgehead atoms. The van der Waals surface area contributed by atoms with Gasteiger partial charge in [0.25, 0.3) is 0 Å². The Bertz CT molecular complexity index is 782. The highest BCUT2D eigenvalue weighted by Crippen LogP contribution is 2.22. The molecule has 2 aromatic carbocycles. The van der Waals surface area contributed by atoms with Gasteiger partial charge < -0.3 is 15.5 Å². The maximum atomic E-state index is 12.8. The van der Waals surface area contributed by atoms with E-state index in [1.54, 1.807) is 4.90 Å². The first-order valence-corrected chi connectivity index (χ1v) is 10.4. The summed E-state index contributed by atoms with van der Waals surface area (Å²) >= 11 is 3.44. The molecule has 2 N–H and O–H groups in total. The molecule has 150 valence electrons. The molecule has 0 saturated carbocycles. The number of para-hydroxylation sites is 1. The number of rotatable bonds is 8. The van der Waals surface area contributed by atoms with Crippen LogP contribution in [0.2, 0.25) is 0 Å². The van der Waals surface area contributed by atoms with Gasteiger partial charge in [0.15, 0.2) is 0 Å². The van der Waals surface area contributed by atoms with E-state index in [2.05, 4.69) is 26.6 Å². The second kappa shape index (κ2) is 10.9. The summed E-state index contributed by atoms with van der Waals surface area (Å²) in [7, 11) is 0. The monoisotopic (exact) mass is 445 g/mol. The molecule has 0 aliphatic heterocycles. The molecule has 6 heteroatoms. The molecule has 0 fully saturated rings. The molecular weight excluding hydrogens is 418 g/mol. The minimum atomic E-state index is -0.204. The van der Waals surface area contributed by atoms with Crippen molar-refractivity contribution in [1.29, 1.82) is 0 Å². The fraction of sp³-hybridized carbons (Fsp3) is 0.364. The zero-order valence-corrected chi connectivity index (χ0v) is 18.2. The van der Waals surface area contributed by atoms with Crippen molar-refractivity contribution in [3.05, 3.63) is 64.6 Å². The summed E-state index contributed by atoms with van der Waals surface area (Å²) in [5, 5.41) is 5.93. The predicted octanol–water partition coefficient (Wildman–Crippen LogP) is 5.35. The Labute approximate surface area is 175 Å². The number of carbonyl (C=O) groups excluding carboxylic acids is 2. The lowest BCUT2D eigenvalue weighted by atomic mass is 10.1. The lowest BCUT2D eigenvalue weighted by molar-refractivity contribution is -0.122. The molecule has 2 atom stereocenters. The van der Waals surface area contributed by atoms with Crippen LogP contribution in [0, 0.1) is 0 Å². The van der Waals surface area contributed by atoms with E-state index in [1.165, 1.54) is 0 Å². The van der Waals surface area contributed by atoms with E-state index in [4.69, 9.17) is 0 Å². The second-order valence-electron chi connectivity index (χ2n) is 6.81. The maximum absolute atomic E-state index is 12.8. The van der Waals surface area contributed by atoms with Crippen molar-refractivity contribution >= 4 is 33.6 Å². The highest BCUT2D eigenvalue weighted by Gasteiger charge is 2.21. The van der Waals surface area contributed by atoms with Gasteiger partial charge in [0.1, 0.15) is 0 Å². The van der Waals surface area contributed by atoms with E-state index in [9.17, 15) is 9.59 Å². The fourth-order valence-corrected chi connectivity index (χ4v) is 3.24. The van der Waals surface area contributed by atoms with Crippen LogP contribution in [0.15, 0.2) is 59.1 Å². The summed E-state index contributed by atoms with van der Waals surface area (Å²) in [5.41, 5.74) is 1.77. The largest absolute Gasteiger partial charge is 0.350 e. The zero-order chi connectivity index (χ0) is 20.5. The Morgan fingerprint density at radius 1 is 1.04 bits per heavy atom. The highest BCUT2D eigenvalue weighted by molar-refractivity contribution is 9.10. The summed E-state index contributed by atoms with van der Waals surface area (Å²) < 4.78 is 0.821. The average molecular weight is 446 g/mol. The molecule has 3 amide bonds. The molecule has 0 aromatic heterocycles. The summed E-state index contributed by atoms with van der Waals surface area (Å²) in [4.78, 5) is 26.9. The molecule has 2 unspecified atom stereocenters. The van der Waals surface area contributed by atoms with Crippen molar-refractivity contribution in [2.24, 2.45) is 0 Å². The summed E-state index contributed by atoms with van der Waals surface area (Å²) in [6.45, 7) is 6.34. The topological polar surface area (TPSA) is 61.4 Å². The van der Waals surface area contributed by atoms with Gasteiger partial charge in [-0.15, -0.1) is 0 Å². The Kier molecular flexibility index (Phi) is 8.51. The Morgan fingerprint density at radius 3 is 2.32 bits per heavy atom. The van der Waals surface area contributed by atoms with Crippen molar-refractivity contribution in [1.82, 2.24) is 10.2 Å². The lowest BCUT2D eigenvalue weighted by Gasteiger charge is -2.29. The van der Waals surface area contributed by atoms with Gasteiger partial charge in [-0.3, -0.25) is 4.79 Å². The number of hydrogen-bond donors (Lipinski definition) is 2. The number of carbonyl (C=O) groups is 2. The van der Waals surface area contributed by atoms with Gasteiger partial charge in [-0.2, -0.15) is 0 Å². The summed E-state index contributed by atoms with van der Waals surface area (Å²) in [6.07, 6.45) is 1.07. The maximum Gasteiger partial charge on any atom is 0.322 e. The van der Waals surface area contributed by atoms with Gasteiger partial charge in [0, 0.05) is 23.5 Å². The van der Waals surface area contributed by atoms with Crippen LogP contribution in [0.3, 0.4) is 0 Å². The number of halogens is 1. The van der Waals surface area contributed by atoms with Gasteiger partial charge >= 0.3 is 6.03 Å². The molecule has 0 heterocycles. The average Bonchev–Trinajstić information content (AvgIpc) is 2.70. The van der Waals surface area contributed by atoms with Crippen LogP contribution in [-0.4, -0.2) is 29.4 Å². The lowest BCUT2D eigenvalue weighted by Crippen LogP contribution is -2.43. The number of amides is 3. The third-order valence-corrected chi connectivity index (χ3v) is 5.45. The molecular formula is C22H28BrN3O2. The van der Waals surface area contributed by atoms with Crippen LogP contribution in [0.25, 0.3) is 0 Å². The van der Waals surface area contributed by atoms with Crippen molar-refractivity contribution < 1.29 is 9.59 Å². The van der Waals surface area contributed by atoms with Crippen LogP contribution in [0.4, 0.5) is 10.5 Å². The second-order valence-corrected chi connectivity index (χ2v) is 7.66. The number of nitrogens with one attached hydrogen (secondary N) is 2. The Morgan fingerprint density at radius 2 is 1.68 bits per heavy atom. The standard InChI is InChI=1S/C22H28BrN3O2/c1-4-16(2)26(22(28)25-20-13-9-8-12-19(20)23)15-14-21(27)24-17(3)18-10-6-5-7-11-18/h5-13,16-17H,4,14-15H2,1-3H3,(H,24,27)(H,25,28). The normalized spacial score (nSPS) is 12.7. The van der Waals surface area contributed by atoms with E-state index >= 15 is 0 Å². The molecule has 2 rings (SSSR count). The van der Waals surface area contributed by atoms with Gasteiger partial charge in [-0.1, -0.05) is 49.4 Å². The molecule has 0 radical (unpaired) electrons. The van der Waals surface area contributed by atoms with E-state index in [0.717, 1.165) is 16.5 Å². The van der Waals surface area contributed by atoms with Gasteiger partial charge in [-0.05, 0) is 53.9 Å². The van der Waals surface area contributed by atoms with E-state index in [0.29, 0.717) is 12.2 Å². The first kappa shape index (κ1) is 22.0. The summed E-state index contributed by atoms with van der Waals surface area (Å²) in [5.74, 6) is -0.0710. The SMILES string of the molecule is CCC(C)N(CCC(=O)NC(C)c1ccccc1)C(=O)Nc1ccccc1Br. The highest BCUT2D eigenvalue weighted by atomic mass is 79.9. The molecule has 5 nitrogen and oxygen atoms in total. The van der Waals surface area contributed by atoms with E-state index in [-0.39, 0.29) is 30.4 Å². The Hall–Kier alpha value is -2.34. The van der Waals surface area contributed by atoms with Crippen molar-refractivity contribution in [2.45, 2.75) is 45.7 Å². The smallest absolute Gasteiger partial charge is 0.322 e. The van der Waals surface area contributed by atoms with Crippen molar-refractivity contribution in [3.8, 4) is 0 Å². The minimum Gasteiger partial charge on any atom is -0.350 e. The molecule has 0 spiro atoms. The van der Waals surface area contributed by atoms with E-state index < -0.39 is 0 Å². The van der Waals surface area contributed by atoms with Crippen molar-refractivity contribution in [2.75, 3.05) is 11.9 Å². The van der Waals surface area contributed by atoms with Crippen LogP contribution >= 0.6 is 15.9 Å². The molecule has 0 aliphatic carbocycles. The van der Waals surface area contributed by atoms with Crippen LogP contribution < -0.4 is 10.6 Å². The zero-order valence-electron chi connectivity index (χ0n) is 16.6. The third kappa shape index (κ3) is 6.37. The quantitative estimate of drug-likeness (QED) is 0.575. The first-order valence-electron chi connectivity index (χ1n) is 9.58. The first-order chi connectivity index (χ1) is 13.4. The van der Waals surface area contributed by atoms with Crippen LogP contribution in [-0.2, 0) is 4.79 Å². The number of urea groups is 1. The fourth-order valence-electron chi connectivity index (χ4n) is 2.85. The predicted molar refractivity (Wildman–Crippen MR) is 117 cm³/mol. The number of benzene rings is 2. The molecule has 0 saturated heterocycles. The molecule has 28 heavy (non-hydrogen) atoms. The molecule has 0 aliphatic rings. The minimum absolute atomic E-state index is 0.0295. The van der Waals surface area contributed by atoms with Gasteiger partial charge in [0.2, 0.25) is 5.91 Å². The number of nitrogens with zero attached hydrogens (tertiary/aromatic N) is 1. The van der Waals surface area contributed by atoms with Crippen LogP contribution in [0.1, 0.15) is 45.2 Å². The number of hydrogen-bond acceptors (Lipinski definition) is 2. The number of anilines is 1. The van der Waals surface area contributed by atoms with E-state index in [1.807, 2.05) is 75.4 Å². The third-order valence-electron chi connectivity index (χ3n) is 4.76. The van der Waals surface area contributed by atoms with Crippen molar-refractivity contribution in [3.63, 3.8) is 0 Å². The van der Waals surface area contributed by atoms with Gasteiger partial charge in [0.05, 0.1) is 11.7 Å². The van der Waals surface area contributed by atoms with Gasteiger partial charge in [-0.25, -0.2) is 4.79 Å². The Balaban J connectivity index is 1.95. The van der Waals surface area contributed by atoms with Crippen LogP contribution in [0.5, 0.6) is 0 Å². The summed E-state index contributed by atoms with van der Waals surface area (Å²) in [6, 6.07) is 17.1. The molecule has 2 aromatic rings.